The quantitative estimate of drug-likeness (QED) is 0.695. The zero-order chi connectivity index (χ0) is 8.60. The van der Waals surface area contributed by atoms with Gasteiger partial charge in [-0.1, -0.05) is 0 Å². The maximum Gasteiger partial charge on any atom is 0.311 e. The Bertz CT molecular complexity index is 290. The van der Waals surface area contributed by atoms with Crippen LogP contribution in [0, 0.1) is 5.41 Å². The van der Waals surface area contributed by atoms with Gasteiger partial charge in [0.2, 0.25) is 0 Å². The molecule has 0 aliphatic heterocycles. The third-order valence-electron chi connectivity index (χ3n) is 2.24. The smallest absolute Gasteiger partial charge is 0.311 e. The predicted octanol–water partition coefficient (Wildman–Crippen LogP) is 0.143. The largest absolute Gasteiger partial charge is 0.481 e. The monoisotopic (exact) mass is 167 g/mol. The topological polar surface area (TPSA) is 68.0 Å². The molecule has 0 saturated heterocycles. The molecule has 0 amide bonds. The molecule has 0 spiro atoms. The van der Waals surface area contributed by atoms with Crippen LogP contribution in [0.2, 0.25) is 0 Å². The van der Waals surface area contributed by atoms with Crippen LogP contribution in [0.4, 0.5) is 0 Å². The van der Waals surface area contributed by atoms with Crippen molar-refractivity contribution in [3.05, 3.63) is 12.7 Å². The molecule has 2 rings (SSSR count). The number of aromatic nitrogens is 3. The van der Waals surface area contributed by atoms with E-state index < -0.39 is 11.4 Å². The molecule has 1 aromatic rings. The lowest BCUT2D eigenvalue weighted by Crippen LogP contribution is -2.21. The summed E-state index contributed by atoms with van der Waals surface area (Å²) in [6.07, 6.45) is 4.46. The molecule has 1 aromatic heterocycles. The van der Waals surface area contributed by atoms with Crippen molar-refractivity contribution in [2.45, 2.75) is 19.4 Å². The Morgan fingerprint density at radius 2 is 2.42 bits per heavy atom. The number of hydrogen-bond acceptors (Lipinski definition) is 3. The van der Waals surface area contributed by atoms with E-state index in [9.17, 15) is 4.79 Å². The minimum Gasteiger partial charge on any atom is -0.481 e. The van der Waals surface area contributed by atoms with Crippen LogP contribution >= 0.6 is 0 Å². The third-order valence-corrected chi connectivity index (χ3v) is 2.24. The van der Waals surface area contributed by atoms with E-state index in [1.807, 2.05) is 0 Å². The maximum absolute atomic E-state index is 10.7. The second-order valence-electron chi connectivity index (χ2n) is 3.18. The summed E-state index contributed by atoms with van der Waals surface area (Å²) in [5.74, 6) is -0.724. The van der Waals surface area contributed by atoms with E-state index in [0.29, 0.717) is 6.54 Å². The van der Waals surface area contributed by atoms with Gasteiger partial charge in [-0.05, 0) is 12.8 Å². The SMILES string of the molecule is O=C(O)C1(Cn2cncn2)CC1. The Hall–Kier alpha value is -1.39. The molecule has 1 saturated carbocycles. The predicted molar refractivity (Wildman–Crippen MR) is 39.3 cm³/mol. The van der Waals surface area contributed by atoms with E-state index in [1.165, 1.54) is 6.33 Å². The van der Waals surface area contributed by atoms with Gasteiger partial charge in [0.05, 0.1) is 12.0 Å². The zero-order valence-corrected chi connectivity index (χ0v) is 6.47. The molecule has 1 N–H and O–H groups in total. The van der Waals surface area contributed by atoms with Gasteiger partial charge >= 0.3 is 5.97 Å². The first-order valence-electron chi connectivity index (χ1n) is 3.79. The molecule has 1 aliphatic rings. The molecule has 5 nitrogen and oxygen atoms in total. The third kappa shape index (κ3) is 1.07. The number of aliphatic carboxylic acids is 1. The van der Waals surface area contributed by atoms with Crippen LogP contribution in [0.1, 0.15) is 12.8 Å². The van der Waals surface area contributed by atoms with E-state index >= 15 is 0 Å². The highest BCUT2D eigenvalue weighted by molar-refractivity contribution is 5.77. The Morgan fingerprint density at radius 3 is 2.83 bits per heavy atom. The van der Waals surface area contributed by atoms with Crippen molar-refractivity contribution < 1.29 is 9.90 Å². The van der Waals surface area contributed by atoms with Crippen LogP contribution < -0.4 is 0 Å². The Morgan fingerprint density at radius 1 is 1.67 bits per heavy atom. The lowest BCUT2D eigenvalue weighted by molar-refractivity contribution is -0.144. The molecule has 0 bridgehead atoms. The van der Waals surface area contributed by atoms with Crippen LogP contribution in [0.5, 0.6) is 0 Å². The standard InChI is InChI=1S/C7H9N3O2/c11-6(12)7(1-2-7)3-10-5-8-4-9-10/h4-5H,1-3H2,(H,11,12). The zero-order valence-electron chi connectivity index (χ0n) is 6.47. The van der Waals surface area contributed by atoms with Gasteiger partial charge in [0.25, 0.3) is 0 Å². The minimum atomic E-state index is -0.724. The molecular formula is C7H9N3O2. The first-order valence-corrected chi connectivity index (χ1v) is 3.79. The van der Waals surface area contributed by atoms with Crippen molar-refractivity contribution >= 4 is 5.97 Å². The molecule has 0 radical (unpaired) electrons. The molecule has 64 valence electrons. The Kier molecular flexibility index (Phi) is 1.39. The normalized spacial score (nSPS) is 19.0. The van der Waals surface area contributed by atoms with Gasteiger partial charge in [0, 0.05) is 0 Å². The molecular weight excluding hydrogens is 158 g/mol. The highest BCUT2D eigenvalue weighted by Crippen LogP contribution is 2.47. The van der Waals surface area contributed by atoms with Crippen LogP contribution in [0.15, 0.2) is 12.7 Å². The van der Waals surface area contributed by atoms with E-state index in [0.717, 1.165) is 12.8 Å². The molecule has 1 aliphatic carbocycles. The molecule has 0 unspecified atom stereocenters. The number of carboxylic acids is 1. The maximum atomic E-state index is 10.7. The lowest BCUT2D eigenvalue weighted by Gasteiger charge is -2.07. The fourth-order valence-corrected chi connectivity index (χ4v) is 1.21. The molecule has 12 heavy (non-hydrogen) atoms. The number of rotatable bonds is 3. The average Bonchev–Trinajstić information content (AvgIpc) is 2.60. The summed E-state index contributed by atoms with van der Waals surface area (Å²) in [6.45, 7) is 0.447. The van der Waals surface area contributed by atoms with E-state index in [2.05, 4.69) is 10.1 Å². The van der Waals surface area contributed by atoms with Crippen molar-refractivity contribution in [2.24, 2.45) is 5.41 Å². The Labute approximate surface area is 69.0 Å². The van der Waals surface area contributed by atoms with Gasteiger partial charge in [-0.15, -0.1) is 0 Å². The lowest BCUT2D eigenvalue weighted by atomic mass is 10.1. The van der Waals surface area contributed by atoms with E-state index in [4.69, 9.17) is 5.11 Å². The highest BCUT2D eigenvalue weighted by atomic mass is 16.4. The van der Waals surface area contributed by atoms with E-state index in [-0.39, 0.29) is 0 Å². The highest BCUT2D eigenvalue weighted by Gasteiger charge is 2.50. The number of hydrogen-bond donors (Lipinski definition) is 1. The van der Waals surface area contributed by atoms with Crippen molar-refractivity contribution in [3.8, 4) is 0 Å². The second kappa shape index (κ2) is 2.30. The van der Waals surface area contributed by atoms with E-state index in [1.54, 1.807) is 11.0 Å². The van der Waals surface area contributed by atoms with Crippen LogP contribution in [-0.2, 0) is 11.3 Å². The first-order chi connectivity index (χ1) is 5.73. The fourth-order valence-electron chi connectivity index (χ4n) is 1.21. The summed E-state index contributed by atoms with van der Waals surface area (Å²) in [7, 11) is 0. The van der Waals surface area contributed by atoms with Gasteiger partial charge in [-0.3, -0.25) is 9.48 Å². The van der Waals surface area contributed by atoms with Crippen molar-refractivity contribution in [1.82, 2.24) is 14.8 Å². The van der Waals surface area contributed by atoms with Crippen LogP contribution in [-0.4, -0.2) is 25.8 Å². The number of carboxylic acid groups (broad SMARTS) is 1. The van der Waals surface area contributed by atoms with Gasteiger partial charge in [-0.2, -0.15) is 5.10 Å². The number of carbonyl (C=O) groups is 1. The van der Waals surface area contributed by atoms with Crippen molar-refractivity contribution in [2.75, 3.05) is 0 Å². The summed E-state index contributed by atoms with van der Waals surface area (Å²) < 4.78 is 1.57. The summed E-state index contributed by atoms with van der Waals surface area (Å²) in [5, 5.41) is 12.7. The Balaban J connectivity index is 2.09. The van der Waals surface area contributed by atoms with Gasteiger partial charge in [0.15, 0.2) is 0 Å². The summed E-state index contributed by atoms with van der Waals surface area (Å²) >= 11 is 0. The van der Waals surface area contributed by atoms with Crippen LogP contribution in [0.3, 0.4) is 0 Å². The molecule has 5 heteroatoms. The first kappa shape index (κ1) is 7.27. The average molecular weight is 167 g/mol. The van der Waals surface area contributed by atoms with Gasteiger partial charge in [-0.25, -0.2) is 4.98 Å². The molecule has 1 heterocycles. The second-order valence-corrected chi connectivity index (χ2v) is 3.18. The minimum absolute atomic E-state index is 0.447. The number of nitrogens with zero attached hydrogens (tertiary/aromatic N) is 3. The fraction of sp³-hybridized carbons (Fsp3) is 0.571. The van der Waals surface area contributed by atoms with Crippen molar-refractivity contribution in [1.29, 1.82) is 0 Å². The van der Waals surface area contributed by atoms with Crippen molar-refractivity contribution in [3.63, 3.8) is 0 Å². The molecule has 1 fully saturated rings. The summed E-state index contributed by atoms with van der Waals surface area (Å²) in [4.78, 5) is 14.5. The summed E-state index contributed by atoms with van der Waals surface area (Å²) in [5.41, 5.74) is -0.548. The molecule has 0 aromatic carbocycles. The van der Waals surface area contributed by atoms with Gasteiger partial charge in [0.1, 0.15) is 12.7 Å². The molecule has 0 atom stereocenters. The van der Waals surface area contributed by atoms with Gasteiger partial charge < -0.3 is 5.11 Å². The summed E-state index contributed by atoms with van der Waals surface area (Å²) in [6, 6.07) is 0. The van der Waals surface area contributed by atoms with Crippen LogP contribution in [0.25, 0.3) is 0 Å².